The molecule has 36 valence electrons. The van der Waals surface area contributed by atoms with Crippen molar-refractivity contribution >= 4 is 16.6 Å². The number of nitrogens with two attached hydrogens (primary N) is 1. The van der Waals surface area contributed by atoms with Crippen molar-refractivity contribution in [2.24, 2.45) is 10.9 Å². The summed E-state index contributed by atoms with van der Waals surface area (Å²) in [4.78, 5) is 0. The first-order valence-electron chi connectivity index (χ1n) is 1.09. The first-order chi connectivity index (χ1) is 2.77. The average Bonchev–Trinajstić information content (AvgIpc) is 1.35. The van der Waals surface area contributed by atoms with E-state index in [2.05, 4.69) is 10.9 Å². The molecule has 0 aliphatic carbocycles. The van der Waals surface area contributed by atoms with Gasteiger partial charge in [-0.3, -0.25) is 4.21 Å². The van der Waals surface area contributed by atoms with Gasteiger partial charge in [0, 0.05) is 0 Å². The zero-order valence-corrected chi connectivity index (χ0v) is 6.64. The minimum absolute atomic E-state index is 0. The molecule has 0 spiro atoms. The van der Waals surface area contributed by atoms with Gasteiger partial charge in [-0.2, -0.15) is 5.10 Å². The maximum Gasteiger partial charge on any atom is 1.00 e. The Hall–Kier alpha value is 0.580. The monoisotopic (exact) mass is 130 g/mol. The van der Waals surface area contributed by atoms with Gasteiger partial charge in [-0.1, -0.05) is 0 Å². The molecule has 6 heteroatoms. The molecule has 0 amide bonds. The maximum absolute atomic E-state index is 9.37. The maximum atomic E-state index is 9.37. The largest absolute Gasteiger partial charge is 1.00 e. The predicted molar refractivity (Wildman–Crippen MR) is 21.6 cm³/mol. The Morgan fingerprint density at radius 1 is 1.86 bits per heavy atom. The fourth-order valence-electron chi connectivity index (χ4n) is 0.0497. The van der Waals surface area contributed by atoms with Crippen molar-refractivity contribution in [2.75, 3.05) is 0 Å². The molecule has 0 bridgehead atoms. The van der Waals surface area contributed by atoms with Crippen molar-refractivity contribution in [1.29, 1.82) is 0 Å². The van der Waals surface area contributed by atoms with E-state index in [9.17, 15) is 8.76 Å². The number of rotatable bonds is 1. The number of hydrazone groups is 1. The molecule has 0 aromatic rings. The quantitative estimate of drug-likeness (QED) is 0.0975. The minimum Gasteiger partial charge on any atom is -0.768 e. The van der Waals surface area contributed by atoms with Crippen molar-refractivity contribution in [3.8, 4) is 0 Å². The van der Waals surface area contributed by atoms with Gasteiger partial charge in [0.05, 0.1) is 5.55 Å². The van der Waals surface area contributed by atoms with E-state index in [-0.39, 0.29) is 29.6 Å². The number of hydrogen-bond acceptors (Lipinski definition) is 4. The van der Waals surface area contributed by atoms with Gasteiger partial charge in [-0.05, 0) is 11.1 Å². The van der Waals surface area contributed by atoms with Gasteiger partial charge < -0.3 is 10.4 Å². The second kappa shape index (κ2) is 6.58. The van der Waals surface area contributed by atoms with Gasteiger partial charge in [-0.25, -0.2) is 0 Å². The fraction of sp³-hybridized carbons (Fsp3) is 0. The van der Waals surface area contributed by atoms with Gasteiger partial charge in [0.25, 0.3) is 0 Å². The van der Waals surface area contributed by atoms with E-state index in [1.807, 2.05) is 0 Å². The Bertz CT molecular complexity index is 83.8. The van der Waals surface area contributed by atoms with Crippen LogP contribution in [0, 0.1) is 0 Å². The van der Waals surface area contributed by atoms with Crippen LogP contribution in [-0.2, 0) is 11.1 Å². The molecule has 0 saturated carbocycles. The third-order valence-electron chi connectivity index (χ3n) is 0.147. The van der Waals surface area contributed by atoms with E-state index in [1.54, 1.807) is 0 Å². The van der Waals surface area contributed by atoms with Crippen molar-refractivity contribution in [3.05, 3.63) is 0 Å². The fourth-order valence-corrected chi connectivity index (χ4v) is 0.149. The molecule has 0 aliphatic rings. The van der Waals surface area contributed by atoms with Crippen molar-refractivity contribution in [3.63, 3.8) is 0 Å². The molecule has 0 aliphatic heterocycles. The van der Waals surface area contributed by atoms with Crippen LogP contribution < -0.4 is 35.4 Å². The Kier molecular flexibility index (Phi) is 9.91. The van der Waals surface area contributed by atoms with Crippen LogP contribution in [0.15, 0.2) is 5.10 Å². The second-order valence-electron chi connectivity index (χ2n) is 0.515. The zero-order valence-electron chi connectivity index (χ0n) is 3.83. The van der Waals surface area contributed by atoms with Crippen molar-refractivity contribution in [1.82, 2.24) is 0 Å². The number of hydrogen-bond donors (Lipinski definition) is 1. The molecule has 0 fully saturated rings. The summed E-state index contributed by atoms with van der Waals surface area (Å²) in [6.07, 6.45) is 0. The van der Waals surface area contributed by atoms with Crippen LogP contribution in [0.4, 0.5) is 0 Å². The van der Waals surface area contributed by atoms with Crippen LogP contribution in [-0.4, -0.2) is 14.3 Å². The summed E-state index contributed by atoms with van der Waals surface area (Å²) >= 11 is -2.23. The van der Waals surface area contributed by atoms with E-state index in [1.165, 1.54) is 0 Å². The third-order valence-corrected chi connectivity index (χ3v) is 0.441. The summed E-state index contributed by atoms with van der Waals surface area (Å²) in [5.74, 6) is 4.41. The Balaban J connectivity index is 0. The second-order valence-corrected chi connectivity index (χ2v) is 1.25. The molecule has 0 aromatic heterocycles. The topological polar surface area (TPSA) is 78.5 Å². The molecule has 7 heavy (non-hydrogen) atoms. The molecule has 2 N–H and O–H groups in total. The van der Waals surface area contributed by atoms with Crippen molar-refractivity contribution < 1.29 is 38.3 Å². The molecule has 1 atom stereocenters. The van der Waals surface area contributed by atoms with Crippen LogP contribution in [0.2, 0.25) is 0 Å². The molecule has 0 heterocycles. The van der Waals surface area contributed by atoms with Crippen LogP contribution in [0.5, 0.6) is 0 Å². The smallest absolute Gasteiger partial charge is 0.768 e. The van der Waals surface area contributed by atoms with Crippen LogP contribution in [0.25, 0.3) is 0 Å². The standard InChI is InChI=1S/CH4N2O2S.Na/c2-3-1-6(4)5;/h1H,2H2,(H,4,5);/q;+1/p-1. The molecule has 0 aromatic carbocycles. The van der Waals surface area contributed by atoms with Crippen LogP contribution >= 0.6 is 0 Å². The first-order valence-corrected chi connectivity index (χ1v) is 2.22. The summed E-state index contributed by atoms with van der Waals surface area (Å²) in [6, 6.07) is 0. The Morgan fingerprint density at radius 2 is 2.29 bits per heavy atom. The van der Waals surface area contributed by atoms with E-state index in [4.69, 9.17) is 0 Å². The van der Waals surface area contributed by atoms with E-state index in [0.717, 1.165) is 0 Å². The molecule has 0 rings (SSSR count). The van der Waals surface area contributed by atoms with Crippen LogP contribution in [0.3, 0.4) is 0 Å². The molecule has 1 unspecified atom stereocenters. The average molecular weight is 130 g/mol. The van der Waals surface area contributed by atoms with Crippen molar-refractivity contribution in [2.45, 2.75) is 0 Å². The Labute approximate surface area is 65.7 Å². The van der Waals surface area contributed by atoms with E-state index in [0.29, 0.717) is 5.55 Å². The number of nitrogens with zero attached hydrogens (tertiary/aromatic N) is 1. The van der Waals surface area contributed by atoms with Crippen LogP contribution in [0.1, 0.15) is 0 Å². The van der Waals surface area contributed by atoms with Gasteiger partial charge >= 0.3 is 29.6 Å². The van der Waals surface area contributed by atoms with Gasteiger partial charge in [0.2, 0.25) is 0 Å². The predicted octanol–water partition coefficient (Wildman–Crippen LogP) is -4.23. The summed E-state index contributed by atoms with van der Waals surface area (Å²) in [6.45, 7) is 0. The molecule has 4 nitrogen and oxygen atoms in total. The third kappa shape index (κ3) is 10.8. The zero-order chi connectivity index (χ0) is 4.99. The van der Waals surface area contributed by atoms with Gasteiger partial charge in [-0.15, -0.1) is 0 Å². The van der Waals surface area contributed by atoms with Gasteiger partial charge in [0.15, 0.2) is 0 Å². The molecule has 0 saturated heterocycles. The van der Waals surface area contributed by atoms with E-state index < -0.39 is 11.1 Å². The normalized spacial score (nSPS) is 13.3. The van der Waals surface area contributed by atoms with E-state index >= 15 is 0 Å². The minimum atomic E-state index is -2.23. The Morgan fingerprint density at radius 3 is 2.29 bits per heavy atom. The summed E-state index contributed by atoms with van der Waals surface area (Å²) < 4.78 is 18.7. The SMILES string of the molecule is NN=CS(=O)[O-].[Na+]. The first kappa shape index (κ1) is 10.5. The summed E-state index contributed by atoms with van der Waals surface area (Å²) in [5.41, 5.74) is 0.611. The molecular formula is CH3N2NaO2S. The van der Waals surface area contributed by atoms with Gasteiger partial charge in [0.1, 0.15) is 0 Å². The molecule has 0 radical (unpaired) electrons. The molecular weight excluding hydrogens is 127 g/mol. The summed E-state index contributed by atoms with van der Waals surface area (Å²) in [7, 11) is 0. The summed E-state index contributed by atoms with van der Waals surface area (Å²) in [5, 5.41) is 2.70.